The summed E-state index contributed by atoms with van der Waals surface area (Å²) in [5, 5.41) is 3.12. The van der Waals surface area contributed by atoms with Crippen LogP contribution in [-0.2, 0) is 11.3 Å². The van der Waals surface area contributed by atoms with Crippen molar-refractivity contribution in [2.24, 2.45) is 0 Å². The summed E-state index contributed by atoms with van der Waals surface area (Å²) in [5.74, 6) is 0.0843. The van der Waals surface area contributed by atoms with Crippen LogP contribution >= 0.6 is 0 Å². The summed E-state index contributed by atoms with van der Waals surface area (Å²) in [4.78, 5) is 23.6. The highest BCUT2D eigenvalue weighted by atomic mass is 16.5. The standard InChI is InChI=1S/C13H14N4O2/c1-9-6-11(17-12(16-9)13(18)19-2)15-8-10-4-3-5-14-7-10/h3-7H,8H2,1-2H3,(H,15,16,17). The predicted octanol–water partition coefficient (Wildman–Crippen LogP) is 1.58. The molecule has 0 spiro atoms. The fraction of sp³-hybridized carbons (Fsp3) is 0.231. The highest BCUT2D eigenvalue weighted by molar-refractivity contribution is 5.85. The first kappa shape index (κ1) is 12.9. The Morgan fingerprint density at radius 1 is 1.42 bits per heavy atom. The van der Waals surface area contributed by atoms with Gasteiger partial charge in [-0.05, 0) is 18.6 Å². The maximum Gasteiger partial charge on any atom is 0.376 e. The molecule has 0 radical (unpaired) electrons. The lowest BCUT2D eigenvalue weighted by atomic mass is 10.3. The van der Waals surface area contributed by atoms with Gasteiger partial charge in [-0.25, -0.2) is 14.8 Å². The van der Waals surface area contributed by atoms with E-state index in [0.29, 0.717) is 18.1 Å². The molecule has 2 aromatic rings. The van der Waals surface area contributed by atoms with E-state index >= 15 is 0 Å². The number of esters is 1. The Bertz CT molecular complexity index is 572. The summed E-state index contributed by atoms with van der Waals surface area (Å²) in [6.07, 6.45) is 3.48. The number of hydrogen-bond acceptors (Lipinski definition) is 6. The van der Waals surface area contributed by atoms with Gasteiger partial charge in [0.25, 0.3) is 0 Å². The van der Waals surface area contributed by atoms with Gasteiger partial charge in [0.2, 0.25) is 5.82 Å². The fourth-order valence-electron chi connectivity index (χ4n) is 1.54. The molecule has 0 saturated heterocycles. The lowest BCUT2D eigenvalue weighted by Gasteiger charge is -2.07. The molecule has 1 N–H and O–H groups in total. The van der Waals surface area contributed by atoms with Crippen molar-refractivity contribution < 1.29 is 9.53 Å². The maximum absolute atomic E-state index is 11.4. The number of aromatic nitrogens is 3. The Kier molecular flexibility index (Phi) is 4.02. The number of nitrogens with one attached hydrogen (secondary N) is 1. The summed E-state index contributed by atoms with van der Waals surface area (Å²) in [6, 6.07) is 5.58. The van der Waals surface area contributed by atoms with Crippen molar-refractivity contribution in [2.75, 3.05) is 12.4 Å². The normalized spacial score (nSPS) is 10.0. The third-order valence-corrected chi connectivity index (χ3v) is 2.42. The number of carbonyl (C=O) groups is 1. The number of methoxy groups -OCH3 is 1. The maximum atomic E-state index is 11.4. The lowest BCUT2D eigenvalue weighted by molar-refractivity contribution is 0.0586. The minimum atomic E-state index is -0.548. The SMILES string of the molecule is COC(=O)c1nc(C)cc(NCc2cccnc2)n1. The number of pyridine rings is 1. The van der Waals surface area contributed by atoms with E-state index in [-0.39, 0.29) is 5.82 Å². The second kappa shape index (κ2) is 5.90. The van der Waals surface area contributed by atoms with Crippen LogP contribution in [-0.4, -0.2) is 28.0 Å². The van der Waals surface area contributed by atoms with E-state index in [1.54, 1.807) is 25.4 Å². The van der Waals surface area contributed by atoms with Crippen molar-refractivity contribution in [3.63, 3.8) is 0 Å². The summed E-state index contributed by atoms with van der Waals surface area (Å²) in [5.41, 5.74) is 1.72. The van der Waals surface area contributed by atoms with Gasteiger partial charge in [0.15, 0.2) is 0 Å². The second-order valence-corrected chi connectivity index (χ2v) is 3.92. The van der Waals surface area contributed by atoms with Gasteiger partial charge in [-0.3, -0.25) is 4.98 Å². The van der Waals surface area contributed by atoms with Gasteiger partial charge < -0.3 is 10.1 Å². The van der Waals surface area contributed by atoms with Crippen LogP contribution in [0.4, 0.5) is 5.82 Å². The second-order valence-electron chi connectivity index (χ2n) is 3.92. The monoisotopic (exact) mass is 258 g/mol. The van der Waals surface area contributed by atoms with Crippen molar-refractivity contribution >= 4 is 11.8 Å². The number of rotatable bonds is 4. The van der Waals surface area contributed by atoms with E-state index in [9.17, 15) is 4.79 Å². The minimum Gasteiger partial charge on any atom is -0.463 e. The van der Waals surface area contributed by atoms with Crippen molar-refractivity contribution in [3.05, 3.63) is 47.7 Å². The first-order valence-electron chi connectivity index (χ1n) is 5.76. The van der Waals surface area contributed by atoms with Crippen molar-refractivity contribution in [1.82, 2.24) is 15.0 Å². The molecule has 6 heteroatoms. The van der Waals surface area contributed by atoms with Crippen LogP contribution in [0.3, 0.4) is 0 Å². The predicted molar refractivity (Wildman–Crippen MR) is 69.7 cm³/mol. The first-order chi connectivity index (χ1) is 9.19. The molecule has 2 aromatic heterocycles. The highest BCUT2D eigenvalue weighted by Gasteiger charge is 2.11. The summed E-state index contributed by atoms with van der Waals surface area (Å²) in [6.45, 7) is 2.37. The molecule has 2 rings (SSSR count). The summed E-state index contributed by atoms with van der Waals surface area (Å²) >= 11 is 0. The Labute approximate surface area is 110 Å². The third-order valence-electron chi connectivity index (χ3n) is 2.42. The molecule has 0 fully saturated rings. The van der Waals surface area contributed by atoms with Gasteiger partial charge in [-0.2, -0.15) is 0 Å². The molecule has 0 saturated carbocycles. The van der Waals surface area contributed by atoms with Gasteiger partial charge in [0, 0.05) is 30.7 Å². The number of nitrogens with zero attached hydrogens (tertiary/aromatic N) is 3. The van der Waals surface area contributed by atoms with Gasteiger partial charge in [0.05, 0.1) is 7.11 Å². The molecule has 0 amide bonds. The molecule has 0 bridgehead atoms. The highest BCUT2D eigenvalue weighted by Crippen LogP contribution is 2.08. The fourth-order valence-corrected chi connectivity index (χ4v) is 1.54. The molecule has 0 aliphatic rings. The number of hydrogen-bond donors (Lipinski definition) is 1. The number of ether oxygens (including phenoxy) is 1. The summed E-state index contributed by atoms with van der Waals surface area (Å²) < 4.78 is 4.61. The topological polar surface area (TPSA) is 77.0 Å². The molecular formula is C13H14N4O2. The molecule has 0 aliphatic heterocycles. The average molecular weight is 258 g/mol. The zero-order chi connectivity index (χ0) is 13.7. The Hall–Kier alpha value is -2.50. The number of anilines is 1. The van der Waals surface area contributed by atoms with Crippen molar-refractivity contribution in [3.8, 4) is 0 Å². The zero-order valence-electron chi connectivity index (χ0n) is 10.8. The van der Waals surface area contributed by atoms with E-state index < -0.39 is 5.97 Å². The van der Waals surface area contributed by atoms with E-state index in [1.165, 1.54) is 7.11 Å². The smallest absolute Gasteiger partial charge is 0.376 e. The minimum absolute atomic E-state index is 0.0520. The quantitative estimate of drug-likeness (QED) is 0.839. The van der Waals surface area contributed by atoms with Crippen LogP contribution in [0.1, 0.15) is 21.9 Å². The van der Waals surface area contributed by atoms with Gasteiger partial charge in [-0.1, -0.05) is 6.07 Å². The molecule has 98 valence electrons. The molecule has 0 atom stereocenters. The summed E-state index contributed by atoms with van der Waals surface area (Å²) in [7, 11) is 1.30. The van der Waals surface area contributed by atoms with E-state index in [0.717, 1.165) is 5.56 Å². The van der Waals surface area contributed by atoms with Crippen LogP contribution in [0.5, 0.6) is 0 Å². The van der Waals surface area contributed by atoms with Crippen LogP contribution in [0, 0.1) is 6.92 Å². The number of aryl methyl sites for hydroxylation is 1. The number of carbonyl (C=O) groups excluding carboxylic acids is 1. The largest absolute Gasteiger partial charge is 0.463 e. The molecule has 0 aromatic carbocycles. The molecule has 0 aliphatic carbocycles. The van der Waals surface area contributed by atoms with Gasteiger partial charge >= 0.3 is 5.97 Å². The zero-order valence-corrected chi connectivity index (χ0v) is 10.8. The first-order valence-corrected chi connectivity index (χ1v) is 5.76. The van der Waals surface area contributed by atoms with Crippen LogP contribution in [0.25, 0.3) is 0 Å². The van der Waals surface area contributed by atoms with E-state index in [1.807, 2.05) is 12.1 Å². The van der Waals surface area contributed by atoms with Crippen molar-refractivity contribution in [2.45, 2.75) is 13.5 Å². The third kappa shape index (κ3) is 3.48. The molecule has 6 nitrogen and oxygen atoms in total. The van der Waals surface area contributed by atoms with Crippen LogP contribution in [0.2, 0.25) is 0 Å². The van der Waals surface area contributed by atoms with Crippen molar-refractivity contribution in [1.29, 1.82) is 0 Å². The average Bonchev–Trinajstić information content (AvgIpc) is 2.45. The molecule has 0 unspecified atom stereocenters. The van der Waals surface area contributed by atoms with Crippen LogP contribution in [0.15, 0.2) is 30.6 Å². The Morgan fingerprint density at radius 3 is 2.95 bits per heavy atom. The molecule has 2 heterocycles. The van der Waals surface area contributed by atoms with E-state index in [2.05, 4.69) is 25.0 Å². The van der Waals surface area contributed by atoms with Crippen LogP contribution < -0.4 is 5.32 Å². The van der Waals surface area contributed by atoms with Gasteiger partial charge in [-0.15, -0.1) is 0 Å². The molecule has 19 heavy (non-hydrogen) atoms. The Balaban J connectivity index is 2.12. The lowest BCUT2D eigenvalue weighted by Crippen LogP contribution is -2.11. The van der Waals surface area contributed by atoms with E-state index in [4.69, 9.17) is 0 Å². The molecular weight excluding hydrogens is 244 g/mol. The Morgan fingerprint density at radius 2 is 2.26 bits per heavy atom. The van der Waals surface area contributed by atoms with Gasteiger partial charge in [0.1, 0.15) is 5.82 Å².